The number of hydrogen-bond acceptors (Lipinski definition) is 4. The van der Waals surface area contributed by atoms with Crippen molar-refractivity contribution < 1.29 is 14.3 Å². The molecule has 0 aliphatic rings. The Bertz CT molecular complexity index is 605. The normalized spacial score (nSPS) is 10.2. The van der Waals surface area contributed by atoms with Crippen LogP contribution in [-0.2, 0) is 4.74 Å². The lowest BCUT2D eigenvalue weighted by atomic mass is 10.3. The smallest absolute Gasteiger partial charge is 0.359 e. The topological polar surface area (TPSA) is 61.2 Å². The van der Waals surface area contributed by atoms with Gasteiger partial charge < -0.3 is 4.74 Å². The van der Waals surface area contributed by atoms with E-state index in [-0.39, 0.29) is 17.9 Å². The highest BCUT2D eigenvalue weighted by atomic mass is 35.5. The molecule has 19 heavy (non-hydrogen) atoms. The van der Waals surface area contributed by atoms with Gasteiger partial charge in [-0.25, -0.2) is 9.48 Å². The number of rotatable bonds is 4. The fourth-order valence-corrected chi connectivity index (χ4v) is 1.68. The lowest BCUT2D eigenvalue weighted by molar-refractivity contribution is 0.0517. The molecule has 0 amide bonds. The van der Waals surface area contributed by atoms with E-state index in [1.54, 1.807) is 31.2 Å². The summed E-state index contributed by atoms with van der Waals surface area (Å²) in [7, 11) is 0. The van der Waals surface area contributed by atoms with Gasteiger partial charge in [0, 0.05) is 11.2 Å². The monoisotopic (exact) mass is 278 g/mol. The van der Waals surface area contributed by atoms with Crippen LogP contribution in [0.4, 0.5) is 0 Å². The number of halogens is 1. The van der Waals surface area contributed by atoms with Crippen LogP contribution in [0, 0.1) is 0 Å². The summed E-state index contributed by atoms with van der Waals surface area (Å²) >= 11 is 5.79. The Morgan fingerprint density at radius 1 is 1.42 bits per heavy atom. The van der Waals surface area contributed by atoms with Crippen molar-refractivity contribution in [3.8, 4) is 5.69 Å². The van der Waals surface area contributed by atoms with E-state index in [1.807, 2.05) is 0 Å². The molecule has 1 aromatic carbocycles. The molecule has 0 saturated heterocycles. The van der Waals surface area contributed by atoms with Gasteiger partial charge in [-0.1, -0.05) is 11.6 Å². The summed E-state index contributed by atoms with van der Waals surface area (Å²) in [5.74, 6) is -0.614. The molecule has 5 nitrogen and oxygen atoms in total. The molecule has 1 aromatic heterocycles. The number of hydrogen-bond donors (Lipinski definition) is 0. The van der Waals surface area contributed by atoms with Gasteiger partial charge in [0.25, 0.3) is 0 Å². The molecule has 2 aromatic rings. The fourth-order valence-electron chi connectivity index (χ4n) is 1.56. The van der Waals surface area contributed by atoms with Crippen LogP contribution in [0.3, 0.4) is 0 Å². The summed E-state index contributed by atoms with van der Waals surface area (Å²) in [6.07, 6.45) is 2.05. The Balaban J connectivity index is 2.40. The number of carbonyl (C=O) groups excluding carboxylic acids is 2. The summed E-state index contributed by atoms with van der Waals surface area (Å²) < 4.78 is 6.28. The molecule has 98 valence electrons. The first-order chi connectivity index (χ1) is 9.15. The average molecular weight is 279 g/mol. The van der Waals surface area contributed by atoms with Crippen LogP contribution in [0.25, 0.3) is 5.69 Å². The van der Waals surface area contributed by atoms with Gasteiger partial charge in [-0.05, 0) is 31.2 Å². The van der Waals surface area contributed by atoms with Crippen molar-refractivity contribution in [1.29, 1.82) is 0 Å². The molecule has 0 radical (unpaired) electrons. The molecule has 0 bridgehead atoms. The third kappa shape index (κ3) is 2.82. The number of aromatic nitrogens is 2. The minimum Gasteiger partial charge on any atom is -0.461 e. The van der Waals surface area contributed by atoms with E-state index < -0.39 is 5.97 Å². The molecule has 6 heteroatoms. The number of aldehydes is 1. The predicted molar refractivity (Wildman–Crippen MR) is 69.9 cm³/mol. The molecule has 0 fully saturated rings. The molecule has 0 atom stereocenters. The number of ether oxygens (including phenoxy) is 1. The van der Waals surface area contributed by atoms with Crippen molar-refractivity contribution in [1.82, 2.24) is 9.78 Å². The first-order valence-electron chi connectivity index (χ1n) is 5.63. The van der Waals surface area contributed by atoms with Gasteiger partial charge in [0.15, 0.2) is 12.0 Å². The zero-order valence-electron chi connectivity index (χ0n) is 10.2. The summed E-state index contributed by atoms with van der Waals surface area (Å²) in [5.41, 5.74) is 0.892. The molecule has 0 aliphatic carbocycles. The van der Waals surface area contributed by atoms with E-state index in [0.29, 0.717) is 17.0 Å². The third-order valence-electron chi connectivity index (χ3n) is 2.43. The van der Waals surface area contributed by atoms with E-state index in [4.69, 9.17) is 16.3 Å². The van der Waals surface area contributed by atoms with Crippen LogP contribution in [0.2, 0.25) is 5.02 Å². The Labute approximate surface area is 114 Å². The largest absolute Gasteiger partial charge is 0.461 e. The second kappa shape index (κ2) is 5.67. The first-order valence-corrected chi connectivity index (χ1v) is 6.01. The lowest BCUT2D eigenvalue weighted by Crippen LogP contribution is -2.08. The van der Waals surface area contributed by atoms with Gasteiger partial charge in [-0.2, -0.15) is 5.10 Å². The first kappa shape index (κ1) is 13.3. The predicted octanol–water partition coefficient (Wildman–Crippen LogP) is 2.51. The summed E-state index contributed by atoms with van der Waals surface area (Å²) in [5, 5.41) is 4.66. The minimum absolute atomic E-state index is 0.00630. The number of esters is 1. The van der Waals surface area contributed by atoms with E-state index in [1.165, 1.54) is 10.9 Å². The standard InChI is InChI=1S/C13H11ClN2O3/c1-2-19-13(18)12-9(8-17)7-16(15-12)11-5-3-10(14)4-6-11/h3-8H,2H2,1H3. The quantitative estimate of drug-likeness (QED) is 0.637. The maximum atomic E-state index is 11.6. The van der Waals surface area contributed by atoms with Crippen molar-refractivity contribution in [3.05, 3.63) is 46.7 Å². The SMILES string of the molecule is CCOC(=O)c1nn(-c2ccc(Cl)cc2)cc1C=O. The zero-order valence-corrected chi connectivity index (χ0v) is 10.9. The number of benzene rings is 1. The van der Waals surface area contributed by atoms with Crippen LogP contribution >= 0.6 is 11.6 Å². The van der Waals surface area contributed by atoms with E-state index in [2.05, 4.69) is 5.10 Å². The Kier molecular flexibility index (Phi) is 3.97. The molecule has 0 N–H and O–H groups in total. The highest BCUT2D eigenvalue weighted by Crippen LogP contribution is 2.15. The average Bonchev–Trinajstić information content (AvgIpc) is 2.84. The molecular weight excluding hydrogens is 268 g/mol. The minimum atomic E-state index is -0.614. The van der Waals surface area contributed by atoms with Crippen molar-refractivity contribution in [2.45, 2.75) is 6.92 Å². The van der Waals surface area contributed by atoms with Gasteiger partial charge in [-0.3, -0.25) is 4.79 Å². The molecule has 0 unspecified atom stereocenters. The van der Waals surface area contributed by atoms with Gasteiger partial charge >= 0.3 is 5.97 Å². The molecule has 0 spiro atoms. The number of nitrogens with zero attached hydrogens (tertiary/aromatic N) is 2. The molecule has 0 aliphatic heterocycles. The maximum Gasteiger partial charge on any atom is 0.359 e. The summed E-state index contributed by atoms with van der Waals surface area (Å²) in [4.78, 5) is 22.6. The van der Waals surface area contributed by atoms with Gasteiger partial charge in [0.2, 0.25) is 0 Å². The Morgan fingerprint density at radius 3 is 2.68 bits per heavy atom. The van der Waals surface area contributed by atoms with Crippen molar-refractivity contribution in [2.75, 3.05) is 6.61 Å². The van der Waals surface area contributed by atoms with Crippen LogP contribution in [-0.4, -0.2) is 28.6 Å². The van der Waals surface area contributed by atoms with Crippen LogP contribution in [0.15, 0.2) is 30.5 Å². The summed E-state index contributed by atoms with van der Waals surface area (Å²) in [6, 6.07) is 6.87. The maximum absolute atomic E-state index is 11.6. The van der Waals surface area contributed by atoms with Crippen LogP contribution in [0.5, 0.6) is 0 Å². The van der Waals surface area contributed by atoms with Crippen molar-refractivity contribution in [2.24, 2.45) is 0 Å². The van der Waals surface area contributed by atoms with Gasteiger partial charge in [-0.15, -0.1) is 0 Å². The molecule has 2 rings (SSSR count). The number of carbonyl (C=O) groups is 2. The lowest BCUT2D eigenvalue weighted by Gasteiger charge is -2.00. The molecule has 0 saturated carbocycles. The second-order valence-corrected chi connectivity index (χ2v) is 4.13. The molecular formula is C13H11ClN2O3. The Hall–Kier alpha value is -2.14. The fraction of sp³-hybridized carbons (Fsp3) is 0.154. The van der Waals surface area contributed by atoms with E-state index in [0.717, 1.165) is 0 Å². The molecule has 1 heterocycles. The summed E-state index contributed by atoms with van der Waals surface area (Å²) in [6.45, 7) is 1.92. The van der Waals surface area contributed by atoms with Crippen LogP contribution in [0.1, 0.15) is 27.8 Å². The van der Waals surface area contributed by atoms with Crippen molar-refractivity contribution >= 4 is 23.9 Å². The van der Waals surface area contributed by atoms with Crippen molar-refractivity contribution in [3.63, 3.8) is 0 Å². The van der Waals surface area contributed by atoms with Crippen LogP contribution < -0.4 is 0 Å². The third-order valence-corrected chi connectivity index (χ3v) is 2.68. The Morgan fingerprint density at radius 2 is 2.11 bits per heavy atom. The zero-order chi connectivity index (χ0) is 13.8. The van der Waals surface area contributed by atoms with E-state index in [9.17, 15) is 9.59 Å². The van der Waals surface area contributed by atoms with E-state index >= 15 is 0 Å². The highest BCUT2D eigenvalue weighted by molar-refractivity contribution is 6.30. The second-order valence-electron chi connectivity index (χ2n) is 3.69. The van der Waals surface area contributed by atoms with Gasteiger partial charge in [0.05, 0.1) is 17.9 Å². The van der Waals surface area contributed by atoms with Gasteiger partial charge in [0.1, 0.15) is 0 Å². The highest BCUT2D eigenvalue weighted by Gasteiger charge is 2.18.